The lowest BCUT2D eigenvalue weighted by molar-refractivity contribution is -0.0446. The number of nitrogens with one attached hydrogen (secondary N) is 1. The van der Waals surface area contributed by atoms with E-state index in [1.54, 1.807) is 0 Å². The zero-order chi connectivity index (χ0) is 20.5. The highest BCUT2D eigenvalue weighted by Gasteiger charge is 2.45. The Bertz CT molecular complexity index is 1050. The van der Waals surface area contributed by atoms with Gasteiger partial charge in [-0.15, -0.1) is 0 Å². The number of hydrogen-bond acceptors (Lipinski definition) is 9. The van der Waals surface area contributed by atoms with Crippen molar-refractivity contribution >= 4 is 17.1 Å². The van der Waals surface area contributed by atoms with Gasteiger partial charge in [0.1, 0.15) is 18.8 Å². The third-order valence-electron chi connectivity index (χ3n) is 4.75. The quantitative estimate of drug-likeness (QED) is 0.357. The van der Waals surface area contributed by atoms with Crippen LogP contribution in [0.15, 0.2) is 35.1 Å². The molecule has 2 aromatic heterocycles. The second-order valence-corrected chi connectivity index (χ2v) is 6.72. The Labute approximate surface area is 164 Å². The second-order valence-electron chi connectivity index (χ2n) is 6.72. The first-order valence-electron chi connectivity index (χ1n) is 9.06. The molecule has 4 rings (SSSR count). The number of H-pyrrole nitrogens is 1. The summed E-state index contributed by atoms with van der Waals surface area (Å²) in [6.45, 7) is -0.0863. The maximum Gasteiger partial charge on any atom is 0.301 e. The number of aromatic amines is 1. The largest absolute Gasteiger partial charge is 0.460 e. The van der Waals surface area contributed by atoms with E-state index in [0.29, 0.717) is 0 Å². The smallest absolute Gasteiger partial charge is 0.301 e. The molecule has 0 radical (unpaired) electrons. The van der Waals surface area contributed by atoms with Crippen LogP contribution >= 0.6 is 0 Å². The molecule has 1 aromatic carbocycles. The maximum atomic E-state index is 12.3. The van der Waals surface area contributed by atoms with Gasteiger partial charge in [-0.3, -0.25) is 9.78 Å². The predicted molar refractivity (Wildman–Crippen MR) is 101 cm³/mol. The van der Waals surface area contributed by atoms with Crippen molar-refractivity contribution in [2.75, 3.05) is 12.3 Å². The highest BCUT2D eigenvalue weighted by Crippen LogP contribution is 2.35. The summed E-state index contributed by atoms with van der Waals surface area (Å²) < 4.78 is 12.8. The maximum absolute atomic E-state index is 12.3. The van der Waals surface area contributed by atoms with E-state index in [-0.39, 0.29) is 42.8 Å². The monoisotopic (exact) mass is 403 g/mol. The molecule has 0 saturated carbocycles. The minimum absolute atomic E-state index is 0.0200. The van der Waals surface area contributed by atoms with Gasteiger partial charge in [-0.1, -0.05) is 30.3 Å². The topological polar surface area (TPSA) is 169 Å². The summed E-state index contributed by atoms with van der Waals surface area (Å²) in [6, 6.07) is 9.28. The van der Waals surface area contributed by atoms with E-state index in [9.17, 15) is 15.0 Å². The molecule has 0 amide bonds. The Morgan fingerprint density at radius 3 is 2.69 bits per heavy atom. The zero-order valence-electron chi connectivity index (χ0n) is 15.3. The molecule has 3 heterocycles. The molecule has 4 atom stereocenters. The molecule has 6 N–H and O–H groups in total. The Hall–Kier alpha value is -2.99. The van der Waals surface area contributed by atoms with Crippen molar-refractivity contribution in [2.24, 2.45) is 0 Å². The Morgan fingerprint density at radius 2 is 1.97 bits per heavy atom. The van der Waals surface area contributed by atoms with E-state index in [2.05, 4.69) is 15.0 Å². The minimum atomic E-state index is -1.36. The zero-order valence-corrected chi connectivity index (χ0v) is 15.3. The van der Waals surface area contributed by atoms with Gasteiger partial charge < -0.3 is 30.5 Å². The van der Waals surface area contributed by atoms with Crippen LogP contribution in [0.4, 0.5) is 5.95 Å². The Morgan fingerprint density at radius 1 is 1.21 bits per heavy atom. The molecule has 1 fully saturated rings. The number of nitrogens with zero attached hydrogens (tertiary/aromatic N) is 3. The highest BCUT2D eigenvalue weighted by molar-refractivity contribution is 5.72. The van der Waals surface area contributed by atoms with Crippen LogP contribution in [-0.2, 0) is 11.3 Å². The average Bonchev–Trinajstić information content (AvgIpc) is 3.20. The molecule has 0 unspecified atom stereocenters. The summed E-state index contributed by atoms with van der Waals surface area (Å²) in [4.78, 5) is 22.9. The minimum Gasteiger partial charge on any atom is -0.460 e. The van der Waals surface area contributed by atoms with Crippen LogP contribution in [0.2, 0.25) is 0 Å². The van der Waals surface area contributed by atoms with Gasteiger partial charge in [-0.2, -0.15) is 9.97 Å². The number of imidazole rings is 1. The molecular formula is C18H21N5O6. The molecule has 3 aromatic rings. The van der Waals surface area contributed by atoms with Gasteiger partial charge in [0.05, 0.1) is 6.10 Å². The van der Waals surface area contributed by atoms with Crippen LogP contribution in [0.3, 0.4) is 0 Å². The fourth-order valence-corrected chi connectivity index (χ4v) is 3.34. The first kappa shape index (κ1) is 19.3. The fourth-order valence-electron chi connectivity index (χ4n) is 3.34. The SMILES string of the molecule is Nc1nc2c(nc(OCc3ccccc3)n2[C@@H]2O[C@H](CCO)[C@H](O)[C@H]2O)c(=O)[nH]1. The lowest BCUT2D eigenvalue weighted by atomic mass is 10.1. The number of fused-ring (bicyclic) bond motifs is 1. The van der Waals surface area contributed by atoms with Crippen molar-refractivity contribution in [2.45, 2.75) is 37.6 Å². The van der Waals surface area contributed by atoms with Gasteiger partial charge in [-0.05, 0) is 12.0 Å². The third kappa shape index (κ3) is 3.56. The number of nitrogen functional groups attached to an aromatic ring is 1. The molecule has 11 heteroatoms. The molecule has 1 aliphatic rings. The summed E-state index contributed by atoms with van der Waals surface area (Å²) in [6.07, 6.45) is -4.42. The molecule has 11 nitrogen and oxygen atoms in total. The summed E-state index contributed by atoms with van der Waals surface area (Å²) in [7, 11) is 0. The van der Waals surface area contributed by atoms with Gasteiger partial charge in [-0.25, -0.2) is 4.57 Å². The van der Waals surface area contributed by atoms with Crippen molar-refractivity contribution in [1.29, 1.82) is 0 Å². The normalized spacial score (nSPS) is 24.2. The van der Waals surface area contributed by atoms with Crippen LogP contribution in [-0.4, -0.2) is 59.8 Å². The van der Waals surface area contributed by atoms with Crippen LogP contribution < -0.4 is 16.0 Å². The summed E-state index contributed by atoms with van der Waals surface area (Å²) in [5.74, 6) is -0.141. The van der Waals surface area contributed by atoms with Crippen molar-refractivity contribution < 1.29 is 24.8 Å². The van der Waals surface area contributed by atoms with Gasteiger partial charge in [0.2, 0.25) is 5.95 Å². The van der Waals surface area contributed by atoms with E-state index >= 15 is 0 Å². The van der Waals surface area contributed by atoms with Crippen LogP contribution in [0.5, 0.6) is 6.01 Å². The first-order chi connectivity index (χ1) is 14.0. The third-order valence-corrected chi connectivity index (χ3v) is 4.75. The number of anilines is 1. The van der Waals surface area contributed by atoms with Crippen LogP contribution in [0, 0.1) is 0 Å². The highest BCUT2D eigenvalue weighted by atomic mass is 16.6. The molecule has 0 spiro atoms. The first-order valence-corrected chi connectivity index (χ1v) is 9.06. The Balaban J connectivity index is 1.77. The number of hydrogen-bond donors (Lipinski definition) is 5. The van der Waals surface area contributed by atoms with E-state index in [1.807, 2.05) is 30.3 Å². The summed E-state index contributed by atoms with van der Waals surface area (Å²) >= 11 is 0. The van der Waals surface area contributed by atoms with Crippen molar-refractivity contribution in [3.8, 4) is 6.01 Å². The number of ether oxygens (including phenoxy) is 2. The molecule has 154 valence electrons. The summed E-state index contributed by atoms with van der Waals surface area (Å²) in [5.41, 5.74) is 5.96. The number of rotatable bonds is 6. The van der Waals surface area contributed by atoms with Gasteiger partial charge in [0.15, 0.2) is 17.4 Å². The molecule has 1 aliphatic heterocycles. The standard InChI is InChI=1S/C18H21N5O6/c19-17-21-14-11(15(27)22-17)20-18(28-8-9-4-2-1-3-5-9)23(14)16-13(26)12(25)10(29-16)6-7-24/h1-5,10,12-13,16,24-26H,6-8H2,(H3,19,21,22,27)/t10-,12+,13-,16-/m1/s1. The van der Waals surface area contributed by atoms with Crippen molar-refractivity contribution in [1.82, 2.24) is 19.5 Å². The molecule has 1 saturated heterocycles. The lowest BCUT2D eigenvalue weighted by Crippen LogP contribution is -2.32. The van der Waals surface area contributed by atoms with E-state index < -0.39 is 30.1 Å². The number of aliphatic hydroxyl groups excluding tert-OH is 3. The second kappa shape index (κ2) is 7.79. The van der Waals surface area contributed by atoms with Crippen LogP contribution in [0.1, 0.15) is 18.2 Å². The van der Waals surface area contributed by atoms with Crippen LogP contribution in [0.25, 0.3) is 11.2 Å². The van der Waals surface area contributed by atoms with E-state index in [1.165, 1.54) is 4.57 Å². The fraction of sp³-hybridized carbons (Fsp3) is 0.389. The van der Waals surface area contributed by atoms with Gasteiger partial charge in [0.25, 0.3) is 5.56 Å². The molecular weight excluding hydrogens is 382 g/mol. The molecule has 29 heavy (non-hydrogen) atoms. The average molecular weight is 403 g/mol. The van der Waals surface area contributed by atoms with Crippen molar-refractivity contribution in [3.05, 3.63) is 46.2 Å². The molecule has 0 aliphatic carbocycles. The van der Waals surface area contributed by atoms with Gasteiger partial charge in [0, 0.05) is 6.61 Å². The van der Waals surface area contributed by atoms with E-state index in [4.69, 9.17) is 20.3 Å². The van der Waals surface area contributed by atoms with Crippen molar-refractivity contribution in [3.63, 3.8) is 0 Å². The number of benzene rings is 1. The Kier molecular flexibility index (Phi) is 5.20. The number of nitrogens with two attached hydrogens (primary N) is 1. The predicted octanol–water partition coefficient (Wildman–Crippen LogP) is -0.718. The number of aromatic nitrogens is 4. The number of aliphatic hydroxyl groups is 3. The molecule has 0 bridgehead atoms. The van der Waals surface area contributed by atoms with Gasteiger partial charge >= 0.3 is 6.01 Å². The summed E-state index contributed by atoms with van der Waals surface area (Å²) in [5, 5.41) is 30.0. The lowest BCUT2D eigenvalue weighted by Gasteiger charge is -2.19. The van der Waals surface area contributed by atoms with E-state index in [0.717, 1.165) is 5.56 Å².